The van der Waals surface area contributed by atoms with Crippen LogP contribution in [0.25, 0.3) is 0 Å². The maximum absolute atomic E-state index is 12.2. The molecule has 1 aromatic carbocycles. The Morgan fingerprint density at radius 3 is 2.45 bits per heavy atom. The van der Waals surface area contributed by atoms with Crippen LogP contribution in [0.2, 0.25) is 0 Å². The zero-order chi connectivity index (χ0) is 14.4. The molecule has 0 aliphatic rings. The van der Waals surface area contributed by atoms with Crippen LogP contribution in [0.3, 0.4) is 0 Å². The Morgan fingerprint density at radius 1 is 1.30 bits per heavy atom. The molecule has 0 fully saturated rings. The number of nitrogens with two attached hydrogens (primary N) is 1. The molecule has 1 unspecified atom stereocenters. The zero-order valence-electron chi connectivity index (χ0n) is 12.6. The van der Waals surface area contributed by atoms with Gasteiger partial charge in [-0.1, -0.05) is 18.2 Å². The fourth-order valence-electron chi connectivity index (χ4n) is 1.71. The zero-order valence-corrected chi connectivity index (χ0v) is 13.4. The molecule has 0 saturated carbocycles. The van der Waals surface area contributed by atoms with Gasteiger partial charge in [-0.25, -0.2) is 0 Å². The highest BCUT2D eigenvalue weighted by Crippen LogP contribution is 2.20. The summed E-state index contributed by atoms with van der Waals surface area (Å²) in [6.45, 7) is 6.35. The molecule has 1 atom stereocenters. The Balaban J connectivity index is 0.00000361. The van der Waals surface area contributed by atoms with Gasteiger partial charge in [0.1, 0.15) is 5.75 Å². The molecule has 20 heavy (non-hydrogen) atoms. The van der Waals surface area contributed by atoms with Crippen LogP contribution in [0.15, 0.2) is 24.3 Å². The molecule has 0 aliphatic heterocycles. The van der Waals surface area contributed by atoms with E-state index in [1.165, 1.54) is 0 Å². The Bertz CT molecular complexity index is 424. The van der Waals surface area contributed by atoms with Crippen molar-refractivity contribution in [3.05, 3.63) is 29.8 Å². The molecule has 1 rings (SSSR count). The number of ether oxygens (including phenoxy) is 1. The summed E-state index contributed by atoms with van der Waals surface area (Å²) in [7, 11) is 1.78. The van der Waals surface area contributed by atoms with E-state index in [1.54, 1.807) is 11.9 Å². The van der Waals surface area contributed by atoms with E-state index in [1.807, 2.05) is 45.0 Å². The third-order valence-electron chi connectivity index (χ3n) is 3.07. The predicted octanol–water partition coefficient (Wildman–Crippen LogP) is 2.24. The second-order valence-corrected chi connectivity index (χ2v) is 5.04. The van der Waals surface area contributed by atoms with Crippen molar-refractivity contribution in [2.24, 2.45) is 5.73 Å². The summed E-state index contributed by atoms with van der Waals surface area (Å²) < 4.78 is 5.72. The maximum atomic E-state index is 12.2. The lowest BCUT2D eigenvalue weighted by Gasteiger charge is -2.24. The quantitative estimate of drug-likeness (QED) is 0.876. The molecule has 0 radical (unpaired) electrons. The molecule has 114 valence electrons. The number of rotatable bonds is 6. The number of likely N-dealkylation sites (N-methyl/N-ethyl adjacent to an activating group) is 1. The Labute approximate surface area is 127 Å². The number of para-hydroxylation sites is 1. The second kappa shape index (κ2) is 8.82. The Kier molecular flexibility index (Phi) is 8.26. The average molecular weight is 301 g/mol. The summed E-state index contributed by atoms with van der Waals surface area (Å²) in [6.07, 6.45) is 0.431. The average Bonchev–Trinajstić information content (AvgIpc) is 2.38. The molecule has 0 heterocycles. The van der Waals surface area contributed by atoms with Crippen molar-refractivity contribution in [3.8, 4) is 5.75 Å². The molecule has 5 heteroatoms. The normalized spacial score (nSPS) is 11.7. The number of halogens is 1. The molecular formula is C15H25ClN2O2. The molecule has 4 nitrogen and oxygen atoms in total. The van der Waals surface area contributed by atoms with Gasteiger partial charge in [-0.05, 0) is 26.8 Å². The van der Waals surface area contributed by atoms with E-state index >= 15 is 0 Å². The van der Waals surface area contributed by atoms with E-state index in [9.17, 15) is 4.79 Å². The number of amides is 1. The first-order chi connectivity index (χ1) is 8.95. The number of hydrogen-bond acceptors (Lipinski definition) is 3. The van der Waals surface area contributed by atoms with E-state index in [-0.39, 0.29) is 30.5 Å². The van der Waals surface area contributed by atoms with E-state index in [2.05, 4.69) is 0 Å². The molecular weight excluding hydrogens is 276 g/mol. The highest BCUT2D eigenvalue weighted by atomic mass is 35.5. The molecule has 0 aromatic heterocycles. The summed E-state index contributed by atoms with van der Waals surface area (Å²) in [6, 6.07) is 7.71. The van der Waals surface area contributed by atoms with Gasteiger partial charge in [-0.15, -0.1) is 12.4 Å². The van der Waals surface area contributed by atoms with Crippen molar-refractivity contribution < 1.29 is 9.53 Å². The van der Waals surface area contributed by atoms with Crippen LogP contribution in [0.1, 0.15) is 26.3 Å². The first kappa shape index (κ1) is 18.7. The van der Waals surface area contributed by atoms with Crippen molar-refractivity contribution in [1.82, 2.24) is 4.90 Å². The number of carbonyl (C=O) groups is 1. The highest BCUT2D eigenvalue weighted by Gasteiger charge is 2.16. The molecule has 0 spiro atoms. The largest absolute Gasteiger partial charge is 0.491 e. The third kappa shape index (κ3) is 5.39. The van der Waals surface area contributed by atoms with Gasteiger partial charge < -0.3 is 15.4 Å². The first-order valence-corrected chi connectivity index (χ1v) is 6.66. The van der Waals surface area contributed by atoms with E-state index in [0.717, 1.165) is 11.3 Å². The Hall–Kier alpha value is -1.26. The van der Waals surface area contributed by atoms with Crippen LogP contribution < -0.4 is 10.5 Å². The van der Waals surface area contributed by atoms with Gasteiger partial charge in [0.05, 0.1) is 12.5 Å². The van der Waals surface area contributed by atoms with Gasteiger partial charge in [-0.2, -0.15) is 0 Å². The van der Waals surface area contributed by atoms with Gasteiger partial charge in [0.15, 0.2) is 0 Å². The molecule has 0 aliphatic carbocycles. The van der Waals surface area contributed by atoms with Gasteiger partial charge in [-0.3, -0.25) is 4.79 Å². The van der Waals surface area contributed by atoms with Gasteiger partial charge in [0, 0.05) is 25.2 Å². The molecule has 1 aromatic rings. The van der Waals surface area contributed by atoms with Gasteiger partial charge in [0.2, 0.25) is 5.91 Å². The smallest absolute Gasteiger partial charge is 0.227 e. The summed E-state index contributed by atoms with van der Waals surface area (Å²) in [5.74, 6) is 0.831. The minimum atomic E-state index is 0. The number of hydrogen-bond donors (Lipinski definition) is 1. The SMILES string of the molecule is CC(C)Oc1ccccc1CC(=O)N(C)C(C)CN.Cl. The fraction of sp³-hybridized carbons (Fsp3) is 0.533. The summed E-state index contributed by atoms with van der Waals surface area (Å²) >= 11 is 0. The molecule has 0 bridgehead atoms. The monoisotopic (exact) mass is 300 g/mol. The van der Waals surface area contributed by atoms with Crippen molar-refractivity contribution in [3.63, 3.8) is 0 Å². The van der Waals surface area contributed by atoms with E-state index < -0.39 is 0 Å². The van der Waals surface area contributed by atoms with Crippen molar-refractivity contribution >= 4 is 18.3 Å². The lowest BCUT2D eigenvalue weighted by atomic mass is 10.1. The fourth-order valence-corrected chi connectivity index (χ4v) is 1.71. The number of benzene rings is 1. The minimum absolute atomic E-state index is 0. The van der Waals surface area contributed by atoms with Crippen LogP contribution in [0, 0.1) is 0 Å². The van der Waals surface area contributed by atoms with Crippen LogP contribution in [-0.2, 0) is 11.2 Å². The second-order valence-electron chi connectivity index (χ2n) is 5.04. The van der Waals surface area contributed by atoms with Crippen molar-refractivity contribution in [2.75, 3.05) is 13.6 Å². The topological polar surface area (TPSA) is 55.6 Å². The van der Waals surface area contributed by atoms with Crippen LogP contribution in [-0.4, -0.2) is 36.5 Å². The van der Waals surface area contributed by atoms with Gasteiger partial charge in [0.25, 0.3) is 0 Å². The van der Waals surface area contributed by atoms with E-state index in [4.69, 9.17) is 10.5 Å². The molecule has 0 saturated heterocycles. The van der Waals surface area contributed by atoms with Crippen molar-refractivity contribution in [1.29, 1.82) is 0 Å². The lowest BCUT2D eigenvalue weighted by molar-refractivity contribution is -0.130. The standard InChI is InChI=1S/C15H24N2O2.ClH/c1-11(2)19-14-8-6-5-7-13(14)9-15(18)17(4)12(3)10-16;/h5-8,11-12H,9-10,16H2,1-4H3;1H. The lowest BCUT2D eigenvalue weighted by Crippen LogP contribution is -2.40. The number of carbonyl (C=O) groups excluding carboxylic acids is 1. The summed E-state index contributed by atoms with van der Waals surface area (Å²) in [5.41, 5.74) is 6.50. The Morgan fingerprint density at radius 2 is 1.90 bits per heavy atom. The van der Waals surface area contributed by atoms with Crippen LogP contribution >= 0.6 is 12.4 Å². The summed E-state index contributed by atoms with van der Waals surface area (Å²) in [4.78, 5) is 13.9. The maximum Gasteiger partial charge on any atom is 0.227 e. The number of nitrogens with zero attached hydrogens (tertiary/aromatic N) is 1. The highest BCUT2D eigenvalue weighted by molar-refractivity contribution is 5.85. The van der Waals surface area contributed by atoms with Crippen molar-refractivity contribution in [2.45, 2.75) is 39.3 Å². The minimum Gasteiger partial charge on any atom is -0.491 e. The van der Waals surface area contributed by atoms with Crippen LogP contribution in [0.5, 0.6) is 5.75 Å². The molecule has 1 amide bonds. The molecule has 2 N–H and O–H groups in total. The van der Waals surface area contributed by atoms with Gasteiger partial charge >= 0.3 is 0 Å². The summed E-state index contributed by atoms with van der Waals surface area (Å²) in [5, 5.41) is 0. The predicted molar refractivity (Wildman–Crippen MR) is 84.4 cm³/mol. The first-order valence-electron chi connectivity index (χ1n) is 6.66. The van der Waals surface area contributed by atoms with E-state index in [0.29, 0.717) is 13.0 Å². The third-order valence-corrected chi connectivity index (χ3v) is 3.07. The van der Waals surface area contributed by atoms with Crippen LogP contribution in [0.4, 0.5) is 0 Å².